The quantitative estimate of drug-likeness (QED) is 0.454. The first-order valence-electron chi connectivity index (χ1n) is 7.84. The van der Waals surface area contributed by atoms with Gasteiger partial charge in [0.15, 0.2) is 0 Å². The summed E-state index contributed by atoms with van der Waals surface area (Å²) in [5.41, 5.74) is 2.68. The molecule has 130 valence electrons. The van der Waals surface area contributed by atoms with E-state index in [1.54, 1.807) is 12.1 Å². The molecule has 0 atom stereocenters. The van der Waals surface area contributed by atoms with Crippen LogP contribution in [0.2, 0.25) is 0 Å². The smallest absolute Gasteiger partial charge is 0.217 e. The van der Waals surface area contributed by atoms with E-state index in [9.17, 15) is 15.0 Å². The molecule has 0 saturated heterocycles. The molecule has 2 aromatic carbocycles. The van der Waals surface area contributed by atoms with Gasteiger partial charge >= 0.3 is 0 Å². The van der Waals surface area contributed by atoms with Gasteiger partial charge < -0.3 is 27.2 Å². The van der Waals surface area contributed by atoms with Gasteiger partial charge in [-0.2, -0.15) is 0 Å². The molecule has 0 unspecified atom stereocenters. The highest BCUT2D eigenvalue weighted by Gasteiger charge is 2.32. The molecule has 4 nitrogen and oxygen atoms in total. The highest BCUT2D eigenvalue weighted by molar-refractivity contribution is 5.98. The summed E-state index contributed by atoms with van der Waals surface area (Å²) in [5, 5.41) is 19.1. The van der Waals surface area contributed by atoms with E-state index in [0.717, 1.165) is 11.3 Å². The average Bonchev–Trinajstić information content (AvgIpc) is 2.56. The fourth-order valence-corrected chi connectivity index (χ4v) is 2.92. The van der Waals surface area contributed by atoms with Gasteiger partial charge in [-0.1, -0.05) is 42.5 Å². The molecule has 5 heteroatoms. The Morgan fingerprint density at radius 2 is 1.58 bits per heavy atom. The summed E-state index contributed by atoms with van der Waals surface area (Å²) in [4.78, 5) is 12.7. The van der Waals surface area contributed by atoms with Crippen molar-refractivity contribution in [3.05, 3.63) is 65.7 Å². The van der Waals surface area contributed by atoms with Gasteiger partial charge in [-0.25, -0.2) is 0 Å². The molecule has 0 aliphatic heterocycles. The third-order valence-corrected chi connectivity index (χ3v) is 4.15. The molecular weight excluding hydrogens is 370 g/mol. The van der Waals surface area contributed by atoms with Crippen LogP contribution in [0.3, 0.4) is 0 Å². The van der Waals surface area contributed by atoms with E-state index < -0.39 is 0 Å². The number of aliphatic hydroxyl groups excluding tert-OH is 2. The number of carbonyl (C=O) groups excluding carboxylic acids is 1. The Hall–Kier alpha value is -1.53. The monoisotopic (exact) mass is 393 g/mol. The Bertz CT molecular complexity index is 640. The molecule has 0 amide bonds. The second kappa shape index (κ2) is 9.69. The Balaban J connectivity index is 0.00000288. The van der Waals surface area contributed by atoms with Crippen molar-refractivity contribution in [2.75, 3.05) is 32.8 Å². The van der Waals surface area contributed by atoms with E-state index in [1.165, 1.54) is 0 Å². The van der Waals surface area contributed by atoms with Crippen molar-refractivity contribution in [2.24, 2.45) is 0 Å². The number of Topliss-reactive ketones (excluding diaryl/α,β-unsaturated/α-hetero) is 1. The van der Waals surface area contributed by atoms with Gasteiger partial charge in [0.05, 0.1) is 13.2 Å². The number of hydrogen-bond donors (Lipinski definition) is 2. The van der Waals surface area contributed by atoms with Crippen LogP contribution >= 0.6 is 0 Å². The van der Waals surface area contributed by atoms with Gasteiger partial charge in [0.25, 0.3) is 0 Å². The molecule has 0 aliphatic rings. The summed E-state index contributed by atoms with van der Waals surface area (Å²) in [5.74, 6) is 0.00834. The second-order valence-electron chi connectivity index (χ2n) is 5.83. The summed E-state index contributed by atoms with van der Waals surface area (Å²) in [6.45, 7) is 2.90. The minimum Gasteiger partial charge on any atom is -1.00 e. The number of nitrogens with zero attached hydrogens (tertiary/aromatic N) is 1. The van der Waals surface area contributed by atoms with Crippen molar-refractivity contribution in [1.29, 1.82) is 0 Å². The van der Waals surface area contributed by atoms with Gasteiger partial charge in [-0.15, -0.1) is 0 Å². The second-order valence-corrected chi connectivity index (χ2v) is 5.83. The highest BCUT2D eigenvalue weighted by atomic mass is 79.9. The number of ketones is 1. The Morgan fingerprint density at radius 1 is 0.958 bits per heavy atom. The predicted molar refractivity (Wildman–Crippen MR) is 92.5 cm³/mol. The highest BCUT2D eigenvalue weighted by Crippen LogP contribution is 2.25. The minimum atomic E-state index is -0.0456. The molecule has 2 rings (SSSR count). The maximum Gasteiger partial charge on any atom is 0.217 e. The lowest BCUT2D eigenvalue weighted by Crippen LogP contribution is -3.00. The first kappa shape index (κ1) is 20.5. The molecule has 0 bridgehead atoms. The fourth-order valence-electron chi connectivity index (χ4n) is 2.92. The first-order valence-corrected chi connectivity index (χ1v) is 7.84. The van der Waals surface area contributed by atoms with Crippen LogP contribution in [0.25, 0.3) is 0 Å². The third kappa shape index (κ3) is 4.98. The molecular formula is C19H24BrNO3. The van der Waals surface area contributed by atoms with Crippen LogP contribution in [-0.2, 0) is 0 Å². The van der Waals surface area contributed by atoms with E-state index in [2.05, 4.69) is 0 Å². The summed E-state index contributed by atoms with van der Waals surface area (Å²) in [6.07, 6.45) is 0. The van der Waals surface area contributed by atoms with Crippen molar-refractivity contribution in [1.82, 2.24) is 4.48 Å². The van der Waals surface area contributed by atoms with E-state index in [-0.39, 0.29) is 47.0 Å². The summed E-state index contributed by atoms with van der Waals surface area (Å²) in [7, 11) is 0. The van der Waals surface area contributed by atoms with E-state index in [0.29, 0.717) is 18.7 Å². The van der Waals surface area contributed by atoms with Crippen molar-refractivity contribution < 1.29 is 32.0 Å². The van der Waals surface area contributed by atoms with Crippen LogP contribution in [0.4, 0.5) is 5.69 Å². The molecule has 0 radical (unpaired) electrons. The number of aliphatic hydroxyl groups is 2. The van der Waals surface area contributed by atoms with Crippen molar-refractivity contribution >= 4 is 11.5 Å². The van der Waals surface area contributed by atoms with Crippen LogP contribution < -0.4 is 21.5 Å². The van der Waals surface area contributed by atoms with Gasteiger partial charge in [-0.05, 0) is 18.6 Å². The van der Waals surface area contributed by atoms with Crippen LogP contribution in [0, 0.1) is 6.92 Å². The zero-order valence-corrected chi connectivity index (χ0v) is 15.4. The molecule has 2 N–H and O–H groups in total. The van der Waals surface area contributed by atoms with Crippen LogP contribution in [0.15, 0.2) is 54.6 Å². The topological polar surface area (TPSA) is 57.5 Å². The number of halogens is 1. The maximum absolute atomic E-state index is 12.7. The fraction of sp³-hybridized carbons (Fsp3) is 0.316. The number of benzene rings is 2. The Labute approximate surface area is 153 Å². The Kier molecular flexibility index (Phi) is 8.28. The molecule has 0 aromatic heterocycles. The lowest BCUT2D eigenvalue weighted by atomic mass is 10.1. The molecule has 0 spiro atoms. The average molecular weight is 394 g/mol. The molecule has 2 aromatic rings. The third-order valence-electron chi connectivity index (χ3n) is 4.15. The SMILES string of the molecule is Cc1cccc([N+](CCO)(CCO)CC(=O)c2ccccc2)c1.[Br-]. The zero-order valence-electron chi connectivity index (χ0n) is 13.9. The number of rotatable bonds is 8. The number of quaternary nitrogens is 1. The van der Waals surface area contributed by atoms with Gasteiger partial charge in [0.1, 0.15) is 25.3 Å². The lowest BCUT2D eigenvalue weighted by molar-refractivity contribution is -0.0000171. The lowest BCUT2D eigenvalue weighted by Gasteiger charge is -2.37. The van der Waals surface area contributed by atoms with Crippen molar-refractivity contribution in [2.45, 2.75) is 6.92 Å². The molecule has 0 saturated carbocycles. The minimum absolute atomic E-state index is 0. The van der Waals surface area contributed by atoms with Crippen LogP contribution in [-0.4, -0.2) is 48.8 Å². The number of aryl methyl sites for hydroxylation is 1. The number of hydrogen-bond acceptors (Lipinski definition) is 3. The van der Waals surface area contributed by atoms with E-state index in [1.807, 2.05) is 49.4 Å². The summed E-state index contributed by atoms with van der Waals surface area (Å²) >= 11 is 0. The zero-order chi connectivity index (χ0) is 16.7. The number of carbonyl (C=O) groups is 1. The molecule has 0 aliphatic carbocycles. The van der Waals surface area contributed by atoms with Crippen LogP contribution in [0.5, 0.6) is 0 Å². The largest absolute Gasteiger partial charge is 1.00 e. The maximum atomic E-state index is 12.7. The first-order chi connectivity index (χ1) is 11.1. The van der Waals surface area contributed by atoms with Crippen molar-refractivity contribution in [3.8, 4) is 0 Å². The predicted octanol–water partition coefficient (Wildman–Crippen LogP) is -0.826. The normalized spacial score (nSPS) is 11.0. The van der Waals surface area contributed by atoms with Gasteiger partial charge in [-0.3, -0.25) is 9.28 Å². The van der Waals surface area contributed by atoms with Gasteiger partial charge in [0, 0.05) is 11.6 Å². The van der Waals surface area contributed by atoms with E-state index >= 15 is 0 Å². The molecule has 0 fully saturated rings. The Morgan fingerprint density at radius 3 is 2.12 bits per heavy atom. The molecule has 24 heavy (non-hydrogen) atoms. The van der Waals surface area contributed by atoms with E-state index in [4.69, 9.17) is 0 Å². The standard InChI is InChI=1S/C19H24NO3.BrH/c1-16-6-5-9-18(14-16)20(10-12-21,11-13-22)15-19(23)17-7-3-2-4-8-17;/h2-9,14,21-22H,10-13,15H2,1H3;1H/q+1;/p-1. The van der Waals surface area contributed by atoms with Gasteiger partial charge in [0.2, 0.25) is 5.78 Å². The van der Waals surface area contributed by atoms with Crippen molar-refractivity contribution in [3.63, 3.8) is 0 Å². The molecule has 0 heterocycles. The van der Waals surface area contributed by atoms with Crippen LogP contribution in [0.1, 0.15) is 15.9 Å². The summed E-state index contributed by atoms with van der Waals surface area (Å²) < 4.78 is 0.252. The summed E-state index contributed by atoms with van der Waals surface area (Å²) in [6, 6.07) is 17.1.